The summed E-state index contributed by atoms with van der Waals surface area (Å²) in [4.78, 5) is 12.4. The Hall–Kier alpha value is -2.11. The first-order valence-corrected chi connectivity index (χ1v) is 6.59. The number of fused-ring (bicyclic) bond motifs is 1. The first-order chi connectivity index (χ1) is 9.17. The van der Waals surface area contributed by atoms with E-state index >= 15 is 0 Å². The van der Waals surface area contributed by atoms with Crippen LogP contribution in [0.1, 0.15) is 19.8 Å². The van der Waals surface area contributed by atoms with Gasteiger partial charge in [0.25, 0.3) is 0 Å². The van der Waals surface area contributed by atoms with E-state index in [1.807, 2.05) is 4.57 Å². The highest BCUT2D eigenvalue weighted by molar-refractivity contribution is 5.82. The summed E-state index contributed by atoms with van der Waals surface area (Å²) in [6.45, 7) is 3.08. The summed E-state index contributed by atoms with van der Waals surface area (Å²) in [7, 11) is 0. The molecule has 1 aliphatic carbocycles. The fourth-order valence-electron chi connectivity index (χ4n) is 2.67. The van der Waals surface area contributed by atoms with Gasteiger partial charge in [0.05, 0.1) is 6.33 Å². The number of allylic oxidation sites excluding steroid dienone is 2. The first kappa shape index (κ1) is 12.0. The van der Waals surface area contributed by atoms with Crippen LogP contribution in [-0.4, -0.2) is 19.5 Å². The van der Waals surface area contributed by atoms with Gasteiger partial charge in [0.1, 0.15) is 5.52 Å². The second kappa shape index (κ2) is 4.53. The van der Waals surface area contributed by atoms with Gasteiger partial charge in [0.15, 0.2) is 11.5 Å². The lowest BCUT2D eigenvalue weighted by molar-refractivity contribution is 0.460. The highest BCUT2D eigenvalue weighted by Gasteiger charge is 2.19. The van der Waals surface area contributed by atoms with Gasteiger partial charge in [0, 0.05) is 6.54 Å². The van der Waals surface area contributed by atoms with Gasteiger partial charge in [-0.2, -0.15) is 9.97 Å². The maximum Gasteiger partial charge on any atom is 0.224 e. The van der Waals surface area contributed by atoms with Gasteiger partial charge < -0.3 is 16.0 Å². The fourth-order valence-corrected chi connectivity index (χ4v) is 2.67. The average molecular weight is 258 g/mol. The second-order valence-electron chi connectivity index (χ2n) is 5.09. The van der Waals surface area contributed by atoms with Crippen LogP contribution in [0.2, 0.25) is 0 Å². The third-order valence-electron chi connectivity index (χ3n) is 3.72. The number of nitrogens with zero attached hydrogens (tertiary/aromatic N) is 4. The van der Waals surface area contributed by atoms with E-state index in [2.05, 4.69) is 34.0 Å². The van der Waals surface area contributed by atoms with Crippen molar-refractivity contribution in [3.8, 4) is 0 Å². The Bertz CT molecular complexity index is 629. The zero-order valence-corrected chi connectivity index (χ0v) is 11.0. The molecule has 0 saturated carbocycles. The van der Waals surface area contributed by atoms with Crippen molar-refractivity contribution in [2.45, 2.75) is 26.3 Å². The SMILES string of the molecule is CC[C@@H]1C=C[C@H](Cn2cnc3c(N)nc(N)nc32)C1. The van der Waals surface area contributed by atoms with Crippen LogP contribution < -0.4 is 11.5 Å². The standard InChI is InChI=1S/C13H18N6/c1-2-8-3-4-9(5-8)6-19-7-16-10-11(14)17-13(15)18-12(10)19/h3-4,7-9H,2,5-6H2,1H3,(H4,14,15,17,18)/t8-,9+/m1/s1. The number of rotatable bonds is 3. The molecule has 4 N–H and O–H groups in total. The predicted molar refractivity (Wildman–Crippen MR) is 75.2 cm³/mol. The maximum atomic E-state index is 5.80. The summed E-state index contributed by atoms with van der Waals surface area (Å²) in [5.74, 6) is 1.76. The zero-order chi connectivity index (χ0) is 13.4. The maximum absolute atomic E-state index is 5.80. The third-order valence-corrected chi connectivity index (χ3v) is 3.72. The highest BCUT2D eigenvalue weighted by Crippen LogP contribution is 2.28. The molecule has 2 heterocycles. The predicted octanol–water partition coefficient (Wildman–Crippen LogP) is 1.59. The summed E-state index contributed by atoms with van der Waals surface area (Å²) in [6, 6.07) is 0. The summed E-state index contributed by atoms with van der Waals surface area (Å²) in [5, 5.41) is 0. The van der Waals surface area contributed by atoms with Crippen LogP contribution >= 0.6 is 0 Å². The number of hydrogen-bond donors (Lipinski definition) is 2. The largest absolute Gasteiger partial charge is 0.382 e. The topological polar surface area (TPSA) is 95.6 Å². The number of anilines is 2. The molecule has 6 nitrogen and oxygen atoms in total. The second-order valence-corrected chi connectivity index (χ2v) is 5.09. The van der Waals surface area contributed by atoms with Gasteiger partial charge in [-0.15, -0.1) is 0 Å². The summed E-state index contributed by atoms with van der Waals surface area (Å²) in [5.41, 5.74) is 12.8. The molecular weight excluding hydrogens is 240 g/mol. The van der Waals surface area contributed by atoms with Crippen molar-refractivity contribution in [1.29, 1.82) is 0 Å². The summed E-state index contributed by atoms with van der Waals surface area (Å²) < 4.78 is 2.01. The summed E-state index contributed by atoms with van der Waals surface area (Å²) >= 11 is 0. The van der Waals surface area contributed by atoms with Crippen LogP contribution in [0.3, 0.4) is 0 Å². The van der Waals surface area contributed by atoms with E-state index in [0.717, 1.165) is 12.2 Å². The van der Waals surface area contributed by atoms with Crippen molar-refractivity contribution in [3.05, 3.63) is 18.5 Å². The minimum Gasteiger partial charge on any atom is -0.382 e. The van der Waals surface area contributed by atoms with E-state index in [1.54, 1.807) is 6.33 Å². The molecule has 0 bridgehead atoms. The van der Waals surface area contributed by atoms with E-state index < -0.39 is 0 Å². The third kappa shape index (κ3) is 2.14. The fraction of sp³-hybridized carbons (Fsp3) is 0.462. The van der Waals surface area contributed by atoms with Crippen molar-refractivity contribution in [2.24, 2.45) is 11.8 Å². The van der Waals surface area contributed by atoms with E-state index in [1.165, 1.54) is 12.8 Å². The Morgan fingerprint density at radius 2 is 2.05 bits per heavy atom. The molecule has 6 heteroatoms. The molecule has 0 fully saturated rings. The number of aromatic nitrogens is 4. The molecule has 0 amide bonds. The zero-order valence-electron chi connectivity index (χ0n) is 11.0. The van der Waals surface area contributed by atoms with Crippen molar-refractivity contribution in [1.82, 2.24) is 19.5 Å². The molecule has 0 aliphatic heterocycles. The molecule has 0 radical (unpaired) electrons. The molecule has 3 rings (SSSR count). The number of imidazole rings is 1. The van der Waals surface area contributed by atoms with Crippen molar-refractivity contribution >= 4 is 22.9 Å². The molecule has 0 aromatic carbocycles. The summed E-state index contributed by atoms with van der Waals surface area (Å²) in [6.07, 6.45) is 8.74. The molecular formula is C13H18N6. The molecule has 19 heavy (non-hydrogen) atoms. The minimum atomic E-state index is 0.195. The van der Waals surface area contributed by atoms with Crippen LogP contribution in [-0.2, 0) is 6.54 Å². The van der Waals surface area contributed by atoms with E-state index in [4.69, 9.17) is 11.5 Å². The Balaban J connectivity index is 1.88. The van der Waals surface area contributed by atoms with Crippen LogP contribution in [0.25, 0.3) is 11.2 Å². The monoisotopic (exact) mass is 258 g/mol. The molecule has 2 atom stereocenters. The molecule has 0 unspecified atom stereocenters. The number of hydrogen-bond acceptors (Lipinski definition) is 5. The molecule has 2 aromatic heterocycles. The number of nitrogens with two attached hydrogens (primary N) is 2. The molecule has 1 aliphatic rings. The van der Waals surface area contributed by atoms with Gasteiger partial charge in [-0.1, -0.05) is 19.1 Å². The van der Waals surface area contributed by atoms with Gasteiger partial charge >= 0.3 is 0 Å². The van der Waals surface area contributed by atoms with Crippen LogP contribution in [0.4, 0.5) is 11.8 Å². The number of nitrogen functional groups attached to an aromatic ring is 2. The van der Waals surface area contributed by atoms with E-state index in [9.17, 15) is 0 Å². The Kier molecular flexibility index (Phi) is 2.85. The lowest BCUT2D eigenvalue weighted by Crippen LogP contribution is -2.09. The average Bonchev–Trinajstić information content (AvgIpc) is 2.97. The smallest absolute Gasteiger partial charge is 0.224 e. The molecule has 0 saturated heterocycles. The Labute approximate surface area is 111 Å². The Morgan fingerprint density at radius 1 is 1.26 bits per heavy atom. The van der Waals surface area contributed by atoms with Gasteiger partial charge in [-0.3, -0.25) is 0 Å². The molecule has 2 aromatic rings. The first-order valence-electron chi connectivity index (χ1n) is 6.59. The lowest BCUT2D eigenvalue weighted by atomic mass is 10.0. The van der Waals surface area contributed by atoms with Gasteiger partial charge in [0.2, 0.25) is 5.95 Å². The lowest BCUT2D eigenvalue weighted by Gasteiger charge is -2.11. The molecule has 0 spiro atoms. The van der Waals surface area contributed by atoms with E-state index in [0.29, 0.717) is 23.2 Å². The van der Waals surface area contributed by atoms with Crippen LogP contribution in [0.5, 0.6) is 0 Å². The highest BCUT2D eigenvalue weighted by atomic mass is 15.2. The quantitative estimate of drug-likeness (QED) is 0.815. The van der Waals surface area contributed by atoms with Crippen molar-refractivity contribution in [3.63, 3.8) is 0 Å². The van der Waals surface area contributed by atoms with E-state index in [-0.39, 0.29) is 5.95 Å². The minimum absolute atomic E-state index is 0.195. The van der Waals surface area contributed by atoms with Crippen molar-refractivity contribution in [2.75, 3.05) is 11.5 Å². The van der Waals surface area contributed by atoms with Crippen molar-refractivity contribution < 1.29 is 0 Å². The Morgan fingerprint density at radius 3 is 2.79 bits per heavy atom. The van der Waals surface area contributed by atoms with Gasteiger partial charge in [-0.25, -0.2) is 4.98 Å². The molecule has 100 valence electrons. The normalized spacial score (nSPS) is 22.4. The van der Waals surface area contributed by atoms with Crippen LogP contribution in [0, 0.1) is 11.8 Å². The van der Waals surface area contributed by atoms with Gasteiger partial charge in [-0.05, 0) is 24.7 Å². The van der Waals surface area contributed by atoms with Crippen LogP contribution in [0.15, 0.2) is 18.5 Å².